The Bertz CT molecular complexity index is 1000. The van der Waals surface area contributed by atoms with Crippen molar-refractivity contribution in [1.29, 1.82) is 0 Å². The Balaban J connectivity index is 1.55. The smallest absolute Gasteiger partial charge is 0.253 e. The molecule has 0 aliphatic carbocycles. The van der Waals surface area contributed by atoms with E-state index in [1.54, 1.807) is 7.11 Å². The highest BCUT2D eigenvalue weighted by atomic mass is 16.5. The van der Waals surface area contributed by atoms with Crippen LogP contribution < -0.4 is 9.47 Å². The fourth-order valence-corrected chi connectivity index (χ4v) is 3.69. The third-order valence-electron chi connectivity index (χ3n) is 5.45. The summed E-state index contributed by atoms with van der Waals surface area (Å²) in [5.74, 6) is 1.60. The first-order valence-corrected chi connectivity index (χ1v) is 9.91. The van der Waals surface area contributed by atoms with Gasteiger partial charge in [-0.2, -0.15) is 0 Å². The molecule has 1 aliphatic heterocycles. The maximum atomic E-state index is 12.9. The van der Waals surface area contributed by atoms with Gasteiger partial charge in [-0.05, 0) is 36.7 Å². The lowest BCUT2D eigenvalue weighted by Crippen LogP contribution is -2.47. The van der Waals surface area contributed by atoms with Gasteiger partial charge in [-0.25, -0.2) is 0 Å². The maximum Gasteiger partial charge on any atom is 0.253 e. The Kier molecular flexibility index (Phi) is 5.67. The number of benzene rings is 3. The van der Waals surface area contributed by atoms with Crippen LogP contribution in [0.3, 0.4) is 0 Å². The van der Waals surface area contributed by atoms with Gasteiger partial charge in [0, 0.05) is 42.7 Å². The third-order valence-corrected chi connectivity index (χ3v) is 5.45. The fourth-order valence-electron chi connectivity index (χ4n) is 3.69. The maximum absolute atomic E-state index is 12.9. The van der Waals surface area contributed by atoms with Crippen molar-refractivity contribution in [3.8, 4) is 11.5 Å². The van der Waals surface area contributed by atoms with E-state index in [0.717, 1.165) is 54.0 Å². The van der Waals surface area contributed by atoms with Crippen LogP contribution in [0.15, 0.2) is 60.7 Å². The van der Waals surface area contributed by atoms with Gasteiger partial charge >= 0.3 is 0 Å². The molecule has 5 nitrogen and oxygen atoms in total. The summed E-state index contributed by atoms with van der Waals surface area (Å²) in [4.78, 5) is 17.1. The minimum atomic E-state index is 0.0622. The quantitative estimate of drug-likeness (QED) is 0.664. The predicted octanol–water partition coefficient (Wildman–Crippen LogP) is 3.82. The number of hydrogen-bond acceptors (Lipinski definition) is 4. The summed E-state index contributed by atoms with van der Waals surface area (Å²) >= 11 is 0. The molecule has 1 saturated heterocycles. The largest absolute Gasteiger partial charge is 0.496 e. The van der Waals surface area contributed by atoms with Crippen LogP contribution in [-0.2, 0) is 6.61 Å². The summed E-state index contributed by atoms with van der Waals surface area (Å²) < 4.78 is 11.6. The topological polar surface area (TPSA) is 42.0 Å². The molecule has 0 N–H and O–H groups in total. The molecule has 0 unspecified atom stereocenters. The van der Waals surface area contributed by atoms with Gasteiger partial charge in [0.15, 0.2) is 0 Å². The van der Waals surface area contributed by atoms with Crippen molar-refractivity contribution in [2.45, 2.75) is 6.61 Å². The molecule has 0 radical (unpaired) electrons. The number of methoxy groups -OCH3 is 1. The van der Waals surface area contributed by atoms with Crippen LogP contribution in [0.5, 0.6) is 11.5 Å². The van der Waals surface area contributed by atoms with Gasteiger partial charge in [0.25, 0.3) is 5.91 Å². The molecule has 0 saturated carbocycles. The van der Waals surface area contributed by atoms with Crippen LogP contribution in [0.1, 0.15) is 15.9 Å². The molecule has 1 amide bonds. The Morgan fingerprint density at radius 1 is 0.931 bits per heavy atom. The number of amides is 1. The van der Waals surface area contributed by atoms with E-state index in [-0.39, 0.29) is 5.91 Å². The average Bonchev–Trinajstić information content (AvgIpc) is 2.77. The SMILES string of the molecule is COc1ccc(C(=O)N2CCN(C)CC2)cc1COc1cccc2ccccc12. The van der Waals surface area contributed by atoms with E-state index in [9.17, 15) is 4.79 Å². The molecule has 1 fully saturated rings. The predicted molar refractivity (Wildman–Crippen MR) is 115 cm³/mol. The van der Waals surface area contributed by atoms with Gasteiger partial charge < -0.3 is 19.3 Å². The number of hydrogen-bond donors (Lipinski definition) is 0. The van der Waals surface area contributed by atoms with Crippen molar-refractivity contribution in [3.05, 3.63) is 71.8 Å². The Morgan fingerprint density at radius 2 is 1.69 bits per heavy atom. The highest BCUT2D eigenvalue weighted by Gasteiger charge is 2.21. The minimum absolute atomic E-state index is 0.0622. The van der Waals surface area contributed by atoms with Crippen molar-refractivity contribution >= 4 is 16.7 Å². The third kappa shape index (κ3) is 4.20. The number of ether oxygens (including phenoxy) is 2. The molecule has 3 aromatic carbocycles. The second-order valence-electron chi connectivity index (χ2n) is 7.39. The molecule has 1 heterocycles. The zero-order chi connectivity index (χ0) is 20.2. The van der Waals surface area contributed by atoms with E-state index in [0.29, 0.717) is 12.2 Å². The van der Waals surface area contributed by atoms with Gasteiger partial charge in [0.2, 0.25) is 0 Å². The molecule has 0 aromatic heterocycles. The first kappa shape index (κ1) is 19.3. The number of nitrogens with zero attached hydrogens (tertiary/aromatic N) is 2. The van der Waals surface area contributed by atoms with Crippen molar-refractivity contribution in [2.75, 3.05) is 40.3 Å². The first-order valence-electron chi connectivity index (χ1n) is 9.91. The van der Waals surface area contributed by atoms with Crippen LogP contribution in [0.4, 0.5) is 0 Å². The van der Waals surface area contributed by atoms with Crippen LogP contribution in [0.25, 0.3) is 10.8 Å². The van der Waals surface area contributed by atoms with Crippen molar-refractivity contribution in [2.24, 2.45) is 0 Å². The standard InChI is InChI=1S/C24H26N2O3/c1-25-12-14-26(15-13-25)24(27)19-10-11-22(28-2)20(16-19)17-29-23-9-5-7-18-6-3-4-8-21(18)23/h3-11,16H,12-15,17H2,1-2H3. The second kappa shape index (κ2) is 8.53. The van der Waals surface area contributed by atoms with Gasteiger partial charge in [-0.1, -0.05) is 36.4 Å². The zero-order valence-corrected chi connectivity index (χ0v) is 16.9. The fraction of sp³-hybridized carbons (Fsp3) is 0.292. The number of piperazine rings is 1. The zero-order valence-electron chi connectivity index (χ0n) is 16.9. The average molecular weight is 390 g/mol. The summed E-state index contributed by atoms with van der Waals surface area (Å²) in [6.07, 6.45) is 0. The molecule has 0 spiro atoms. The number of carbonyl (C=O) groups excluding carboxylic acids is 1. The van der Waals surface area contributed by atoms with Crippen LogP contribution in [-0.4, -0.2) is 56.0 Å². The van der Waals surface area contributed by atoms with Gasteiger partial charge in [0.05, 0.1) is 7.11 Å². The van der Waals surface area contributed by atoms with Crippen molar-refractivity contribution in [1.82, 2.24) is 9.80 Å². The molecule has 0 bridgehead atoms. The van der Waals surface area contributed by atoms with E-state index in [2.05, 4.69) is 30.1 Å². The molecule has 0 atom stereocenters. The van der Waals surface area contributed by atoms with Crippen LogP contribution in [0, 0.1) is 0 Å². The molecule has 150 valence electrons. The van der Waals surface area contributed by atoms with E-state index < -0.39 is 0 Å². The summed E-state index contributed by atoms with van der Waals surface area (Å²) in [5, 5.41) is 2.20. The van der Waals surface area contributed by atoms with Crippen LogP contribution >= 0.6 is 0 Å². The molecule has 4 rings (SSSR count). The molecular formula is C24H26N2O3. The summed E-state index contributed by atoms with van der Waals surface area (Å²) in [6, 6.07) is 19.7. The Hall–Kier alpha value is -3.05. The highest BCUT2D eigenvalue weighted by molar-refractivity contribution is 5.94. The first-order chi connectivity index (χ1) is 14.2. The monoisotopic (exact) mass is 390 g/mol. The lowest BCUT2D eigenvalue weighted by atomic mass is 10.1. The van der Waals surface area contributed by atoms with E-state index in [4.69, 9.17) is 9.47 Å². The van der Waals surface area contributed by atoms with Crippen molar-refractivity contribution in [3.63, 3.8) is 0 Å². The molecule has 3 aromatic rings. The molecule has 29 heavy (non-hydrogen) atoms. The number of fused-ring (bicyclic) bond motifs is 1. The summed E-state index contributed by atoms with van der Waals surface area (Å²) in [5.41, 5.74) is 1.53. The van der Waals surface area contributed by atoms with Gasteiger partial charge in [0.1, 0.15) is 18.1 Å². The lowest BCUT2D eigenvalue weighted by Gasteiger charge is -2.32. The number of carbonyl (C=O) groups is 1. The summed E-state index contributed by atoms with van der Waals surface area (Å²) in [6.45, 7) is 3.64. The van der Waals surface area contributed by atoms with E-state index in [1.807, 2.05) is 47.4 Å². The second-order valence-corrected chi connectivity index (χ2v) is 7.39. The molecule has 1 aliphatic rings. The highest BCUT2D eigenvalue weighted by Crippen LogP contribution is 2.28. The Labute approximate surface area is 171 Å². The minimum Gasteiger partial charge on any atom is -0.496 e. The summed E-state index contributed by atoms with van der Waals surface area (Å²) in [7, 11) is 3.72. The van der Waals surface area contributed by atoms with Gasteiger partial charge in [-0.15, -0.1) is 0 Å². The van der Waals surface area contributed by atoms with Crippen LogP contribution in [0.2, 0.25) is 0 Å². The normalized spacial score (nSPS) is 14.8. The number of rotatable bonds is 5. The molecular weight excluding hydrogens is 364 g/mol. The van der Waals surface area contributed by atoms with E-state index in [1.165, 1.54) is 0 Å². The molecule has 5 heteroatoms. The van der Waals surface area contributed by atoms with E-state index >= 15 is 0 Å². The number of likely N-dealkylation sites (N-methyl/N-ethyl adjacent to an activating group) is 1. The lowest BCUT2D eigenvalue weighted by molar-refractivity contribution is 0.0664. The Morgan fingerprint density at radius 3 is 2.48 bits per heavy atom. The van der Waals surface area contributed by atoms with Gasteiger partial charge in [-0.3, -0.25) is 4.79 Å². The van der Waals surface area contributed by atoms with Crippen molar-refractivity contribution < 1.29 is 14.3 Å².